The Morgan fingerprint density at radius 2 is 2.08 bits per heavy atom. The Kier molecular flexibility index (Phi) is 5.37. The highest BCUT2D eigenvalue weighted by Crippen LogP contribution is 2.14. The highest BCUT2D eigenvalue weighted by atomic mass is 16.4. The molecule has 0 aromatic carbocycles. The summed E-state index contributed by atoms with van der Waals surface area (Å²) in [5.41, 5.74) is 6.82. The van der Waals surface area contributed by atoms with Crippen LogP contribution in [0.1, 0.15) is 33.1 Å². The molecule has 0 saturated carbocycles. The van der Waals surface area contributed by atoms with E-state index in [1.807, 2.05) is 6.92 Å². The van der Waals surface area contributed by atoms with Crippen LogP contribution in [0.2, 0.25) is 0 Å². The number of nitrogens with two attached hydrogens (primary N) is 1. The SMILES string of the molecule is CCC(CCCN)=C(C)C(=O)O. The number of aliphatic carboxylic acids is 1. The van der Waals surface area contributed by atoms with Crippen molar-refractivity contribution in [3.63, 3.8) is 0 Å². The van der Waals surface area contributed by atoms with Crippen LogP contribution < -0.4 is 5.73 Å². The number of hydrogen-bond acceptors (Lipinski definition) is 2. The van der Waals surface area contributed by atoms with Gasteiger partial charge < -0.3 is 10.8 Å². The average molecular weight is 171 g/mol. The first kappa shape index (κ1) is 11.2. The molecule has 0 unspecified atom stereocenters. The lowest BCUT2D eigenvalue weighted by Crippen LogP contribution is -2.04. The van der Waals surface area contributed by atoms with E-state index < -0.39 is 5.97 Å². The van der Waals surface area contributed by atoms with Crippen molar-refractivity contribution in [1.82, 2.24) is 0 Å². The summed E-state index contributed by atoms with van der Waals surface area (Å²) in [6.07, 6.45) is 2.48. The minimum Gasteiger partial charge on any atom is -0.478 e. The summed E-state index contributed by atoms with van der Waals surface area (Å²) >= 11 is 0. The normalized spacial score (nSPS) is 12.6. The molecule has 3 heteroatoms. The zero-order valence-electron chi connectivity index (χ0n) is 7.76. The van der Waals surface area contributed by atoms with Crippen LogP contribution in [0.25, 0.3) is 0 Å². The van der Waals surface area contributed by atoms with E-state index in [4.69, 9.17) is 10.8 Å². The average Bonchev–Trinajstić information content (AvgIpc) is 2.05. The third-order valence-corrected chi connectivity index (χ3v) is 1.96. The molecular formula is C9H17NO2. The van der Waals surface area contributed by atoms with E-state index in [-0.39, 0.29) is 0 Å². The highest BCUT2D eigenvalue weighted by molar-refractivity contribution is 5.86. The van der Waals surface area contributed by atoms with E-state index in [0.29, 0.717) is 12.1 Å². The molecular weight excluding hydrogens is 154 g/mol. The fraction of sp³-hybridized carbons (Fsp3) is 0.667. The van der Waals surface area contributed by atoms with Crippen molar-refractivity contribution in [3.05, 3.63) is 11.1 Å². The van der Waals surface area contributed by atoms with E-state index >= 15 is 0 Å². The molecule has 0 aliphatic carbocycles. The third kappa shape index (κ3) is 3.53. The molecule has 0 amide bonds. The summed E-state index contributed by atoms with van der Waals surface area (Å²) in [4.78, 5) is 10.6. The van der Waals surface area contributed by atoms with Gasteiger partial charge in [-0.15, -0.1) is 0 Å². The van der Waals surface area contributed by atoms with Gasteiger partial charge in [-0.25, -0.2) is 4.79 Å². The molecule has 0 aliphatic rings. The second kappa shape index (κ2) is 5.77. The maximum Gasteiger partial charge on any atom is 0.331 e. The summed E-state index contributed by atoms with van der Waals surface area (Å²) in [7, 11) is 0. The molecule has 0 heterocycles. The van der Waals surface area contributed by atoms with Crippen molar-refractivity contribution in [2.45, 2.75) is 33.1 Å². The third-order valence-electron chi connectivity index (χ3n) is 1.96. The van der Waals surface area contributed by atoms with Crippen molar-refractivity contribution in [2.24, 2.45) is 5.73 Å². The van der Waals surface area contributed by atoms with Crippen LogP contribution in [0, 0.1) is 0 Å². The molecule has 0 spiro atoms. The number of hydrogen-bond donors (Lipinski definition) is 2. The lowest BCUT2D eigenvalue weighted by Gasteiger charge is -2.05. The standard InChI is InChI=1S/C9H17NO2/c1-3-8(5-4-6-10)7(2)9(11)12/h3-6,10H2,1-2H3,(H,11,12). The number of carboxylic acid groups (broad SMARTS) is 1. The van der Waals surface area contributed by atoms with E-state index in [1.54, 1.807) is 6.92 Å². The topological polar surface area (TPSA) is 63.3 Å². The molecule has 0 aromatic rings. The Morgan fingerprint density at radius 3 is 2.42 bits per heavy atom. The van der Waals surface area contributed by atoms with Crippen LogP contribution in [0.3, 0.4) is 0 Å². The largest absolute Gasteiger partial charge is 0.478 e. The summed E-state index contributed by atoms with van der Waals surface area (Å²) < 4.78 is 0. The van der Waals surface area contributed by atoms with Crippen LogP contribution in [0.15, 0.2) is 11.1 Å². The van der Waals surface area contributed by atoms with Gasteiger partial charge in [0.25, 0.3) is 0 Å². The molecule has 0 aliphatic heterocycles. The van der Waals surface area contributed by atoms with Crippen molar-refractivity contribution in [3.8, 4) is 0 Å². The lowest BCUT2D eigenvalue weighted by atomic mass is 10.0. The molecule has 0 atom stereocenters. The first-order valence-corrected chi connectivity index (χ1v) is 4.25. The number of allylic oxidation sites excluding steroid dienone is 1. The van der Waals surface area contributed by atoms with Gasteiger partial charge in [-0.2, -0.15) is 0 Å². The van der Waals surface area contributed by atoms with Gasteiger partial charge in [0.1, 0.15) is 0 Å². The Morgan fingerprint density at radius 1 is 1.50 bits per heavy atom. The molecule has 0 radical (unpaired) electrons. The van der Waals surface area contributed by atoms with Crippen LogP contribution >= 0.6 is 0 Å². The van der Waals surface area contributed by atoms with Crippen molar-refractivity contribution in [2.75, 3.05) is 6.54 Å². The summed E-state index contributed by atoms with van der Waals surface area (Å²) in [5, 5.41) is 8.69. The Labute approximate surface area is 73.3 Å². The highest BCUT2D eigenvalue weighted by Gasteiger charge is 2.06. The van der Waals surface area contributed by atoms with Crippen LogP contribution in [0.4, 0.5) is 0 Å². The van der Waals surface area contributed by atoms with E-state index in [9.17, 15) is 4.79 Å². The van der Waals surface area contributed by atoms with Crippen molar-refractivity contribution < 1.29 is 9.90 Å². The zero-order chi connectivity index (χ0) is 9.56. The molecule has 3 N–H and O–H groups in total. The van der Waals surface area contributed by atoms with Gasteiger partial charge in [0.15, 0.2) is 0 Å². The van der Waals surface area contributed by atoms with Gasteiger partial charge in [-0.05, 0) is 32.7 Å². The van der Waals surface area contributed by atoms with Crippen molar-refractivity contribution >= 4 is 5.97 Å². The van der Waals surface area contributed by atoms with Gasteiger partial charge in [0.05, 0.1) is 0 Å². The fourth-order valence-electron chi connectivity index (χ4n) is 1.10. The lowest BCUT2D eigenvalue weighted by molar-refractivity contribution is -0.132. The zero-order valence-corrected chi connectivity index (χ0v) is 7.76. The maximum absolute atomic E-state index is 10.6. The van der Waals surface area contributed by atoms with Gasteiger partial charge in [0, 0.05) is 5.57 Å². The van der Waals surface area contributed by atoms with Crippen LogP contribution in [-0.2, 0) is 4.79 Å². The molecule has 0 fully saturated rings. The van der Waals surface area contributed by atoms with E-state index in [0.717, 1.165) is 24.8 Å². The Bertz CT molecular complexity index is 185. The minimum atomic E-state index is -0.816. The van der Waals surface area contributed by atoms with Crippen molar-refractivity contribution in [1.29, 1.82) is 0 Å². The molecule has 0 aromatic heterocycles. The number of carboxylic acids is 1. The van der Waals surface area contributed by atoms with Crippen LogP contribution in [0.5, 0.6) is 0 Å². The first-order valence-electron chi connectivity index (χ1n) is 4.25. The summed E-state index contributed by atoms with van der Waals surface area (Å²) in [5.74, 6) is -0.816. The Balaban J connectivity index is 4.28. The molecule has 0 bridgehead atoms. The number of carbonyl (C=O) groups is 1. The summed E-state index contributed by atoms with van der Waals surface area (Å²) in [6, 6.07) is 0. The van der Waals surface area contributed by atoms with Crippen LogP contribution in [-0.4, -0.2) is 17.6 Å². The maximum atomic E-state index is 10.6. The monoisotopic (exact) mass is 171 g/mol. The minimum absolute atomic E-state index is 0.478. The molecule has 3 nitrogen and oxygen atoms in total. The molecule has 0 rings (SSSR count). The van der Waals surface area contributed by atoms with E-state index in [1.165, 1.54) is 0 Å². The van der Waals surface area contributed by atoms with Gasteiger partial charge in [-0.3, -0.25) is 0 Å². The van der Waals surface area contributed by atoms with Gasteiger partial charge >= 0.3 is 5.97 Å². The van der Waals surface area contributed by atoms with Gasteiger partial charge in [0.2, 0.25) is 0 Å². The fourth-order valence-corrected chi connectivity index (χ4v) is 1.10. The second-order valence-corrected chi connectivity index (χ2v) is 2.78. The Hall–Kier alpha value is -0.830. The molecule has 12 heavy (non-hydrogen) atoms. The first-order chi connectivity index (χ1) is 5.63. The summed E-state index contributed by atoms with van der Waals surface area (Å²) in [6.45, 7) is 4.24. The van der Waals surface area contributed by atoms with Gasteiger partial charge in [-0.1, -0.05) is 12.5 Å². The van der Waals surface area contributed by atoms with E-state index in [2.05, 4.69) is 0 Å². The molecule has 70 valence electrons. The quantitative estimate of drug-likeness (QED) is 0.617. The smallest absolute Gasteiger partial charge is 0.331 e. The number of rotatable bonds is 5. The second-order valence-electron chi connectivity index (χ2n) is 2.78. The molecule has 0 saturated heterocycles. The predicted octanol–water partition coefficient (Wildman–Crippen LogP) is 1.54. The predicted molar refractivity (Wildman–Crippen MR) is 48.9 cm³/mol.